The maximum Gasteiger partial charge on any atom is 0.220 e. The largest absolute Gasteiger partial charge is 0.550 e. The second kappa shape index (κ2) is 8.29. The van der Waals surface area contributed by atoms with Crippen LogP contribution in [0, 0.1) is 0 Å². The number of carboxylic acids is 1. The normalized spacial score (nSPS) is 11.8. The molecule has 0 heterocycles. The van der Waals surface area contributed by atoms with E-state index < -0.39 is 5.97 Å². The van der Waals surface area contributed by atoms with Crippen molar-refractivity contribution in [1.29, 1.82) is 0 Å². The van der Waals surface area contributed by atoms with Crippen molar-refractivity contribution < 1.29 is 14.7 Å². The van der Waals surface area contributed by atoms with E-state index in [1.165, 1.54) is 5.56 Å². The molecule has 4 heteroatoms. The summed E-state index contributed by atoms with van der Waals surface area (Å²) in [5, 5.41) is 13.1. The fourth-order valence-electron chi connectivity index (χ4n) is 1.84. The Morgan fingerprint density at radius 3 is 2.53 bits per heavy atom. The van der Waals surface area contributed by atoms with Gasteiger partial charge >= 0.3 is 0 Å². The van der Waals surface area contributed by atoms with E-state index in [0.717, 1.165) is 12.8 Å². The number of aliphatic carboxylic acids is 1. The lowest BCUT2D eigenvalue weighted by molar-refractivity contribution is -0.305. The van der Waals surface area contributed by atoms with Crippen LogP contribution < -0.4 is 10.4 Å². The molecule has 0 aliphatic rings. The second-order valence-electron chi connectivity index (χ2n) is 4.72. The van der Waals surface area contributed by atoms with Crippen LogP contribution in [0.25, 0.3) is 0 Å². The molecule has 0 saturated heterocycles. The Balaban J connectivity index is 2.18. The molecule has 104 valence electrons. The quantitative estimate of drug-likeness (QED) is 0.761. The Bertz CT molecular complexity index is 403. The van der Waals surface area contributed by atoms with Gasteiger partial charge in [-0.3, -0.25) is 4.79 Å². The minimum atomic E-state index is -1.11. The highest BCUT2D eigenvalue weighted by atomic mass is 16.4. The standard InChI is InChI=1S/C15H21NO3/c1-12(10-11-13-6-3-2-4-7-13)16-14(17)8-5-9-15(18)19/h2-4,6-7,12H,5,8-11H2,1H3,(H,16,17)(H,18,19)/p-1/t12-/m0/s1. The van der Waals surface area contributed by atoms with E-state index in [4.69, 9.17) is 0 Å². The molecule has 0 unspecified atom stereocenters. The molecule has 19 heavy (non-hydrogen) atoms. The van der Waals surface area contributed by atoms with E-state index in [0.29, 0.717) is 6.42 Å². The summed E-state index contributed by atoms with van der Waals surface area (Å²) in [6, 6.07) is 10.2. The summed E-state index contributed by atoms with van der Waals surface area (Å²) in [6.07, 6.45) is 2.30. The van der Waals surface area contributed by atoms with E-state index in [1.807, 2.05) is 25.1 Å². The molecular formula is C15H20NO3-. The van der Waals surface area contributed by atoms with Gasteiger partial charge in [-0.2, -0.15) is 0 Å². The van der Waals surface area contributed by atoms with E-state index in [1.54, 1.807) is 0 Å². The van der Waals surface area contributed by atoms with Crippen molar-refractivity contribution in [2.75, 3.05) is 0 Å². The Morgan fingerprint density at radius 2 is 1.89 bits per heavy atom. The Hall–Kier alpha value is -1.84. The molecule has 0 aromatic heterocycles. The second-order valence-corrected chi connectivity index (χ2v) is 4.72. The maximum absolute atomic E-state index is 11.5. The summed E-state index contributed by atoms with van der Waals surface area (Å²) >= 11 is 0. The van der Waals surface area contributed by atoms with Crippen LogP contribution in [0.5, 0.6) is 0 Å². The first-order chi connectivity index (χ1) is 9.08. The van der Waals surface area contributed by atoms with Crippen LogP contribution in [0.2, 0.25) is 0 Å². The summed E-state index contributed by atoms with van der Waals surface area (Å²) in [7, 11) is 0. The lowest BCUT2D eigenvalue weighted by Gasteiger charge is -2.14. The van der Waals surface area contributed by atoms with Gasteiger partial charge in [-0.25, -0.2) is 0 Å². The predicted octanol–water partition coefficient (Wildman–Crippen LogP) is 1.04. The summed E-state index contributed by atoms with van der Waals surface area (Å²) in [6.45, 7) is 1.96. The number of hydrogen-bond donors (Lipinski definition) is 1. The molecule has 0 aliphatic carbocycles. The van der Waals surface area contributed by atoms with E-state index in [2.05, 4.69) is 17.4 Å². The van der Waals surface area contributed by atoms with Crippen molar-refractivity contribution in [1.82, 2.24) is 5.32 Å². The van der Waals surface area contributed by atoms with Gasteiger partial charge in [0.1, 0.15) is 0 Å². The Morgan fingerprint density at radius 1 is 1.21 bits per heavy atom. The lowest BCUT2D eigenvalue weighted by Crippen LogP contribution is -2.33. The molecule has 4 nitrogen and oxygen atoms in total. The van der Waals surface area contributed by atoms with Crippen LogP contribution in [0.15, 0.2) is 30.3 Å². The third-order valence-electron chi connectivity index (χ3n) is 2.90. The molecule has 0 radical (unpaired) electrons. The molecule has 1 rings (SSSR count). The summed E-state index contributed by atoms with van der Waals surface area (Å²) < 4.78 is 0. The number of nitrogens with one attached hydrogen (secondary N) is 1. The molecule has 0 bridgehead atoms. The summed E-state index contributed by atoms with van der Waals surface area (Å²) in [5.41, 5.74) is 1.25. The fraction of sp³-hybridized carbons (Fsp3) is 0.467. The van der Waals surface area contributed by atoms with Gasteiger partial charge in [-0.05, 0) is 38.2 Å². The molecule has 1 N–H and O–H groups in total. The molecular weight excluding hydrogens is 242 g/mol. The fourth-order valence-corrected chi connectivity index (χ4v) is 1.84. The first kappa shape index (κ1) is 15.2. The molecule has 1 aromatic rings. The number of carbonyl (C=O) groups is 2. The monoisotopic (exact) mass is 262 g/mol. The van der Waals surface area contributed by atoms with Crippen molar-refractivity contribution in [2.24, 2.45) is 0 Å². The highest BCUT2D eigenvalue weighted by Gasteiger charge is 2.07. The van der Waals surface area contributed by atoms with Crippen molar-refractivity contribution in [3.63, 3.8) is 0 Å². The van der Waals surface area contributed by atoms with Gasteiger partial charge in [0.15, 0.2) is 0 Å². The molecule has 0 spiro atoms. The van der Waals surface area contributed by atoms with Gasteiger partial charge in [0.2, 0.25) is 5.91 Å². The smallest absolute Gasteiger partial charge is 0.220 e. The van der Waals surface area contributed by atoms with Crippen LogP contribution in [-0.2, 0) is 16.0 Å². The number of benzene rings is 1. The molecule has 0 fully saturated rings. The molecule has 1 amide bonds. The van der Waals surface area contributed by atoms with Gasteiger partial charge in [-0.1, -0.05) is 30.3 Å². The van der Waals surface area contributed by atoms with E-state index >= 15 is 0 Å². The average Bonchev–Trinajstić information content (AvgIpc) is 2.37. The topological polar surface area (TPSA) is 69.2 Å². The van der Waals surface area contributed by atoms with Crippen LogP contribution >= 0.6 is 0 Å². The number of aryl methyl sites for hydroxylation is 1. The number of amides is 1. The minimum absolute atomic E-state index is 0.0637. The SMILES string of the molecule is C[C@@H](CCc1ccccc1)NC(=O)CCCC(=O)[O-]. The highest BCUT2D eigenvalue weighted by Crippen LogP contribution is 2.05. The van der Waals surface area contributed by atoms with E-state index in [-0.39, 0.29) is 24.8 Å². The zero-order valence-electron chi connectivity index (χ0n) is 11.2. The lowest BCUT2D eigenvalue weighted by atomic mass is 10.1. The average molecular weight is 262 g/mol. The molecule has 0 saturated carbocycles. The van der Waals surface area contributed by atoms with Gasteiger partial charge < -0.3 is 15.2 Å². The van der Waals surface area contributed by atoms with Crippen molar-refractivity contribution >= 4 is 11.9 Å². The zero-order valence-corrected chi connectivity index (χ0v) is 11.2. The zero-order chi connectivity index (χ0) is 14.1. The van der Waals surface area contributed by atoms with Gasteiger partial charge in [0.05, 0.1) is 0 Å². The van der Waals surface area contributed by atoms with E-state index in [9.17, 15) is 14.7 Å². The van der Waals surface area contributed by atoms with Crippen molar-refractivity contribution in [3.8, 4) is 0 Å². The van der Waals surface area contributed by atoms with Crippen LogP contribution in [0.4, 0.5) is 0 Å². The molecule has 1 aromatic carbocycles. The summed E-state index contributed by atoms with van der Waals surface area (Å²) in [5.74, 6) is -1.20. The van der Waals surface area contributed by atoms with Crippen molar-refractivity contribution in [3.05, 3.63) is 35.9 Å². The number of rotatable bonds is 8. The number of hydrogen-bond acceptors (Lipinski definition) is 3. The molecule has 0 aliphatic heterocycles. The third-order valence-corrected chi connectivity index (χ3v) is 2.90. The highest BCUT2D eigenvalue weighted by molar-refractivity contribution is 5.76. The first-order valence-electron chi connectivity index (χ1n) is 6.61. The van der Waals surface area contributed by atoms with Gasteiger partial charge in [0, 0.05) is 18.4 Å². The van der Waals surface area contributed by atoms with Gasteiger partial charge in [-0.15, -0.1) is 0 Å². The summed E-state index contributed by atoms with van der Waals surface area (Å²) in [4.78, 5) is 21.7. The Labute approximate surface area is 113 Å². The van der Waals surface area contributed by atoms with Gasteiger partial charge in [0.25, 0.3) is 0 Å². The van der Waals surface area contributed by atoms with Crippen molar-refractivity contribution in [2.45, 2.75) is 45.1 Å². The number of carbonyl (C=O) groups excluding carboxylic acids is 2. The Kier molecular flexibility index (Phi) is 6.64. The van der Waals surface area contributed by atoms with Crippen LogP contribution in [0.1, 0.15) is 38.2 Å². The van der Waals surface area contributed by atoms with Crippen LogP contribution in [0.3, 0.4) is 0 Å². The maximum atomic E-state index is 11.5. The number of carboxylic acid groups (broad SMARTS) is 1. The predicted molar refractivity (Wildman–Crippen MR) is 71.2 cm³/mol. The molecule has 1 atom stereocenters. The minimum Gasteiger partial charge on any atom is -0.550 e. The first-order valence-corrected chi connectivity index (χ1v) is 6.61. The third kappa shape index (κ3) is 7.24. The van der Waals surface area contributed by atoms with Crippen LogP contribution in [-0.4, -0.2) is 17.9 Å².